The number of rotatable bonds is 4. The van der Waals surface area contributed by atoms with E-state index in [9.17, 15) is 20.3 Å². The molecular formula is C14H13NO6. The first-order valence-electron chi connectivity index (χ1n) is 5.90. The highest BCUT2D eigenvalue weighted by atomic mass is 16.6. The van der Waals surface area contributed by atoms with Crippen LogP contribution in [0.3, 0.4) is 0 Å². The van der Waals surface area contributed by atoms with Crippen molar-refractivity contribution in [2.45, 2.75) is 0 Å². The summed E-state index contributed by atoms with van der Waals surface area (Å²) < 4.78 is 10.3. The van der Waals surface area contributed by atoms with Crippen LogP contribution < -0.4 is 9.47 Å². The Kier molecular flexibility index (Phi) is 3.84. The van der Waals surface area contributed by atoms with Crippen LogP contribution in [0.25, 0.3) is 11.1 Å². The molecule has 110 valence electrons. The first kappa shape index (κ1) is 14.4. The second-order valence-electron chi connectivity index (χ2n) is 4.18. The maximum absolute atomic E-state index is 10.9. The highest BCUT2D eigenvalue weighted by Gasteiger charge is 2.20. The van der Waals surface area contributed by atoms with E-state index in [0.717, 1.165) is 12.1 Å². The van der Waals surface area contributed by atoms with E-state index in [1.165, 1.54) is 14.2 Å². The van der Waals surface area contributed by atoms with Gasteiger partial charge in [-0.05, 0) is 12.1 Å². The van der Waals surface area contributed by atoms with Gasteiger partial charge >= 0.3 is 5.69 Å². The van der Waals surface area contributed by atoms with Gasteiger partial charge in [0.15, 0.2) is 5.75 Å². The minimum Gasteiger partial charge on any atom is -0.507 e. The number of nitro groups is 1. The molecule has 21 heavy (non-hydrogen) atoms. The van der Waals surface area contributed by atoms with Crippen molar-refractivity contribution in [2.24, 2.45) is 0 Å². The monoisotopic (exact) mass is 291 g/mol. The molecule has 0 amide bonds. The summed E-state index contributed by atoms with van der Waals surface area (Å²) in [5.41, 5.74) is 0.124. The molecule has 0 spiro atoms. The van der Waals surface area contributed by atoms with Crippen molar-refractivity contribution in [1.29, 1.82) is 0 Å². The Morgan fingerprint density at radius 3 is 2.29 bits per heavy atom. The summed E-state index contributed by atoms with van der Waals surface area (Å²) in [6, 6.07) is 6.85. The summed E-state index contributed by atoms with van der Waals surface area (Å²) in [5.74, 6) is 0.0308. The Morgan fingerprint density at radius 1 is 1.00 bits per heavy atom. The van der Waals surface area contributed by atoms with Crippen molar-refractivity contribution < 1.29 is 24.6 Å². The number of aromatic hydroxyl groups is 2. The van der Waals surface area contributed by atoms with Crippen LogP contribution in [0.15, 0.2) is 30.3 Å². The lowest BCUT2D eigenvalue weighted by Gasteiger charge is -2.12. The average Bonchev–Trinajstić information content (AvgIpc) is 2.46. The largest absolute Gasteiger partial charge is 0.507 e. The predicted molar refractivity (Wildman–Crippen MR) is 75.0 cm³/mol. The van der Waals surface area contributed by atoms with Gasteiger partial charge in [0.2, 0.25) is 0 Å². The van der Waals surface area contributed by atoms with Crippen molar-refractivity contribution in [3.63, 3.8) is 0 Å². The molecule has 7 heteroatoms. The van der Waals surface area contributed by atoms with E-state index >= 15 is 0 Å². The van der Waals surface area contributed by atoms with Crippen LogP contribution in [-0.4, -0.2) is 29.4 Å². The van der Waals surface area contributed by atoms with Crippen LogP contribution >= 0.6 is 0 Å². The second-order valence-corrected chi connectivity index (χ2v) is 4.18. The molecule has 0 fully saturated rings. The molecule has 0 saturated carbocycles. The van der Waals surface area contributed by atoms with Crippen molar-refractivity contribution in [3.8, 4) is 34.1 Å². The van der Waals surface area contributed by atoms with Crippen LogP contribution in [0.4, 0.5) is 5.69 Å². The molecule has 2 N–H and O–H groups in total. The fourth-order valence-electron chi connectivity index (χ4n) is 1.95. The van der Waals surface area contributed by atoms with Crippen molar-refractivity contribution in [1.82, 2.24) is 0 Å². The van der Waals surface area contributed by atoms with Crippen molar-refractivity contribution in [2.75, 3.05) is 14.2 Å². The molecule has 0 aliphatic rings. The number of nitro benzene ring substituents is 1. The molecule has 0 aromatic heterocycles. The number of benzene rings is 2. The molecule has 7 nitrogen and oxygen atoms in total. The maximum Gasteiger partial charge on any atom is 0.311 e. The summed E-state index contributed by atoms with van der Waals surface area (Å²) in [4.78, 5) is 10.2. The molecule has 0 bridgehead atoms. The van der Waals surface area contributed by atoms with Crippen molar-refractivity contribution in [3.05, 3.63) is 40.4 Å². The normalized spacial score (nSPS) is 10.2. The first-order valence-corrected chi connectivity index (χ1v) is 5.90. The van der Waals surface area contributed by atoms with Gasteiger partial charge in [0, 0.05) is 29.3 Å². The number of phenolic OH excluding ortho intramolecular Hbond substituents is 2. The Labute approximate surface area is 120 Å². The number of nitrogens with zero attached hydrogens (tertiary/aromatic N) is 1. The van der Waals surface area contributed by atoms with Crippen LogP contribution in [-0.2, 0) is 0 Å². The number of methoxy groups -OCH3 is 2. The Hall–Kier alpha value is -2.96. The number of phenols is 2. The predicted octanol–water partition coefficient (Wildman–Crippen LogP) is 2.69. The van der Waals surface area contributed by atoms with Crippen LogP contribution in [0.1, 0.15) is 0 Å². The third-order valence-corrected chi connectivity index (χ3v) is 2.99. The van der Waals surface area contributed by atoms with E-state index in [0.29, 0.717) is 17.1 Å². The van der Waals surface area contributed by atoms with Gasteiger partial charge in [-0.1, -0.05) is 0 Å². The molecule has 2 rings (SSSR count). The molecule has 0 unspecified atom stereocenters. The van der Waals surface area contributed by atoms with E-state index in [1.54, 1.807) is 18.2 Å². The van der Waals surface area contributed by atoms with Crippen LogP contribution in [0.5, 0.6) is 23.0 Å². The lowest BCUT2D eigenvalue weighted by atomic mass is 10.0. The number of ether oxygens (including phenoxy) is 2. The third kappa shape index (κ3) is 2.66. The van der Waals surface area contributed by atoms with E-state index in [-0.39, 0.29) is 11.3 Å². The summed E-state index contributed by atoms with van der Waals surface area (Å²) in [5, 5.41) is 30.3. The summed E-state index contributed by atoms with van der Waals surface area (Å²) in [6.45, 7) is 0. The fraction of sp³-hybridized carbons (Fsp3) is 0.143. The summed E-state index contributed by atoms with van der Waals surface area (Å²) in [7, 11) is 2.93. The van der Waals surface area contributed by atoms with Gasteiger partial charge in [-0.2, -0.15) is 0 Å². The van der Waals surface area contributed by atoms with Gasteiger partial charge in [0.25, 0.3) is 0 Å². The van der Waals surface area contributed by atoms with Gasteiger partial charge in [0.1, 0.15) is 17.2 Å². The van der Waals surface area contributed by atoms with Gasteiger partial charge in [-0.3, -0.25) is 10.1 Å². The quantitative estimate of drug-likeness (QED) is 0.663. The zero-order chi connectivity index (χ0) is 15.6. The van der Waals surface area contributed by atoms with Gasteiger partial charge in [-0.15, -0.1) is 0 Å². The van der Waals surface area contributed by atoms with Gasteiger partial charge in [0.05, 0.1) is 19.1 Å². The summed E-state index contributed by atoms with van der Waals surface area (Å²) >= 11 is 0. The lowest BCUT2D eigenvalue weighted by molar-refractivity contribution is -0.385. The minimum absolute atomic E-state index is 0.180. The van der Waals surface area contributed by atoms with Crippen LogP contribution in [0, 0.1) is 10.1 Å². The van der Waals surface area contributed by atoms with E-state index < -0.39 is 16.4 Å². The molecule has 0 heterocycles. The molecule has 2 aromatic rings. The van der Waals surface area contributed by atoms with E-state index in [2.05, 4.69) is 0 Å². The zero-order valence-electron chi connectivity index (χ0n) is 11.4. The average molecular weight is 291 g/mol. The fourth-order valence-corrected chi connectivity index (χ4v) is 1.95. The van der Waals surface area contributed by atoms with E-state index in [4.69, 9.17) is 9.47 Å². The number of hydrogen-bond donors (Lipinski definition) is 2. The standard InChI is InChI=1S/C14H13NO6/c1-20-8-3-4-9(14(5-8)21-2)10-6-11(15(18)19)13(17)7-12(10)16/h3-7,16-17H,1-2H3. The van der Waals surface area contributed by atoms with Crippen molar-refractivity contribution >= 4 is 5.69 Å². The molecule has 0 aliphatic carbocycles. The minimum atomic E-state index is -0.728. The van der Waals surface area contributed by atoms with Gasteiger partial charge in [-0.25, -0.2) is 0 Å². The molecule has 0 radical (unpaired) electrons. The lowest BCUT2D eigenvalue weighted by Crippen LogP contribution is -1.93. The highest BCUT2D eigenvalue weighted by Crippen LogP contribution is 2.42. The van der Waals surface area contributed by atoms with Gasteiger partial charge < -0.3 is 19.7 Å². The Morgan fingerprint density at radius 2 is 1.71 bits per heavy atom. The number of hydrogen-bond acceptors (Lipinski definition) is 6. The SMILES string of the molecule is COc1ccc(-c2cc([N+](=O)[O-])c(O)cc2O)c(OC)c1. The molecule has 0 atom stereocenters. The molecule has 2 aromatic carbocycles. The zero-order valence-corrected chi connectivity index (χ0v) is 11.4. The Bertz CT molecular complexity index is 698. The first-order chi connectivity index (χ1) is 9.97. The van der Waals surface area contributed by atoms with Crippen LogP contribution in [0.2, 0.25) is 0 Å². The smallest absolute Gasteiger partial charge is 0.311 e. The molecular weight excluding hydrogens is 278 g/mol. The topological polar surface area (TPSA) is 102 Å². The molecule has 0 aliphatic heterocycles. The highest BCUT2D eigenvalue weighted by molar-refractivity contribution is 5.79. The second kappa shape index (κ2) is 5.58. The van der Waals surface area contributed by atoms with E-state index in [1.807, 2.05) is 0 Å². The molecule has 0 saturated heterocycles. The third-order valence-electron chi connectivity index (χ3n) is 2.99. The maximum atomic E-state index is 10.9. The Balaban J connectivity index is 2.66. The summed E-state index contributed by atoms with van der Waals surface area (Å²) in [6.07, 6.45) is 0.